The Hall–Kier alpha value is -2.71. The van der Waals surface area contributed by atoms with Crippen molar-refractivity contribution in [3.63, 3.8) is 0 Å². The lowest BCUT2D eigenvalue weighted by Gasteiger charge is -2.32. The monoisotopic (exact) mass is 455 g/mol. The lowest BCUT2D eigenvalue weighted by atomic mass is 9.85. The highest BCUT2D eigenvalue weighted by Crippen LogP contribution is 2.50. The van der Waals surface area contributed by atoms with E-state index in [2.05, 4.69) is 22.2 Å². The number of rotatable bonds is 6. The molecule has 0 radical (unpaired) electrons. The van der Waals surface area contributed by atoms with E-state index in [-0.39, 0.29) is 16.1 Å². The van der Waals surface area contributed by atoms with Crippen LogP contribution in [-0.4, -0.2) is 32.7 Å². The minimum Gasteiger partial charge on any atom is -0.378 e. The second kappa shape index (κ2) is 8.33. The van der Waals surface area contributed by atoms with Crippen molar-refractivity contribution in [2.45, 2.75) is 50.5 Å². The Morgan fingerprint density at radius 2 is 1.97 bits per heavy atom. The van der Waals surface area contributed by atoms with E-state index in [4.69, 9.17) is 4.74 Å². The summed E-state index contributed by atoms with van der Waals surface area (Å²) in [6, 6.07) is 11.5. The van der Waals surface area contributed by atoms with Gasteiger partial charge in [-0.3, -0.25) is 9.52 Å². The fourth-order valence-corrected chi connectivity index (χ4v) is 5.99. The number of hydrazone groups is 1. The van der Waals surface area contributed by atoms with E-state index < -0.39 is 15.9 Å². The number of fused-ring (bicyclic) bond motifs is 2. The molecular formula is C24H29N3O4S. The number of methoxy groups -OCH3 is 1. The van der Waals surface area contributed by atoms with Crippen LogP contribution in [0.3, 0.4) is 0 Å². The first-order valence-corrected chi connectivity index (χ1v) is 12.2. The molecule has 3 atom stereocenters. The van der Waals surface area contributed by atoms with Gasteiger partial charge in [0, 0.05) is 24.3 Å². The maximum absolute atomic E-state index is 12.9. The van der Waals surface area contributed by atoms with E-state index in [0.29, 0.717) is 17.5 Å². The summed E-state index contributed by atoms with van der Waals surface area (Å²) in [5.74, 6) is 0.301. The van der Waals surface area contributed by atoms with Crippen LogP contribution in [0.4, 0.5) is 5.69 Å². The van der Waals surface area contributed by atoms with E-state index in [1.165, 1.54) is 12.1 Å². The van der Waals surface area contributed by atoms with E-state index in [9.17, 15) is 13.2 Å². The Bertz CT molecular complexity index is 1190. The molecule has 0 aromatic heterocycles. The number of sulfonamides is 1. The first kappa shape index (κ1) is 22.5. The molecule has 0 saturated heterocycles. The van der Waals surface area contributed by atoms with Gasteiger partial charge in [0.15, 0.2) is 0 Å². The van der Waals surface area contributed by atoms with Crippen LogP contribution in [0.25, 0.3) is 0 Å². The number of benzene rings is 2. The van der Waals surface area contributed by atoms with Crippen molar-refractivity contribution in [3.8, 4) is 0 Å². The molecule has 1 amide bonds. The van der Waals surface area contributed by atoms with Crippen molar-refractivity contribution in [3.05, 3.63) is 59.2 Å². The number of carbonyl (C=O) groups excluding carboxylic acids is 1. The molecular weight excluding hydrogens is 426 g/mol. The summed E-state index contributed by atoms with van der Waals surface area (Å²) >= 11 is 0. The van der Waals surface area contributed by atoms with E-state index in [1.54, 1.807) is 25.3 Å². The van der Waals surface area contributed by atoms with Gasteiger partial charge in [-0.2, -0.15) is 5.10 Å². The molecule has 4 rings (SSSR count). The van der Waals surface area contributed by atoms with Crippen LogP contribution in [0.2, 0.25) is 0 Å². The third kappa shape index (κ3) is 4.29. The molecule has 170 valence electrons. The first-order chi connectivity index (χ1) is 15.1. The molecule has 32 heavy (non-hydrogen) atoms. The molecule has 0 aliphatic heterocycles. The summed E-state index contributed by atoms with van der Waals surface area (Å²) in [6.45, 7) is 5.92. The minimum absolute atomic E-state index is 0.0218. The average molecular weight is 456 g/mol. The number of amides is 1. The molecule has 2 fully saturated rings. The SMILES string of the molecule is CO[C@@]1(C)C[C@H]2C[C@@H]1C/C2=N\NC(=O)c1cccc(S(=O)(=O)Nc2ccc(C)cc2C)c1. The normalized spacial score (nSPS) is 25.8. The maximum atomic E-state index is 12.9. The topological polar surface area (TPSA) is 96.9 Å². The molecule has 2 saturated carbocycles. The van der Waals surface area contributed by atoms with Gasteiger partial charge in [-0.1, -0.05) is 23.8 Å². The Morgan fingerprint density at radius 3 is 2.62 bits per heavy atom. The molecule has 0 spiro atoms. The molecule has 2 aromatic rings. The summed E-state index contributed by atoms with van der Waals surface area (Å²) in [5, 5.41) is 4.36. The summed E-state index contributed by atoms with van der Waals surface area (Å²) in [4.78, 5) is 12.7. The van der Waals surface area contributed by atoms with Crippen LogP contribution in [0.15, 0.2) is 52.5 Å². The molecule has 2 N–H and O–H groups in total. The number of carbonyl (C=O) groups is 1. The predicted octanol–water partition coefficient (Wildman–Crippen LogP) is 4.03. The van der Waals surface area contributed by atoms with E-state index in [0.717, 1.165) is 36.1 Å². The number of nitrogens with zero attached hydrogens (tertiary/aromatic N) is 1. The van der Waals surface area contributed by atoms with Crippen LogP contribution in [0.1, 0.15) is 47.7 Å². The van der Waals surface area contributed by atoms with Crippen LogP contribution in [-0.2, 0) is 14.8 Å². The second-order valence-corrected chi connectivity index (χ2v) is 10.7. The van der Waals surface area contributed by atoms with E-state index in [1.807, 2.05) is 26.0 Å². The van der Waals surface area contributed by atoms with Crippen LogP contribution < -0.4 is 10.1 Å². The highest BCUT2D eigenvalue weighted by atomic mass is 32.2. The summed E-state index contributed by atoms with van der Waals surface area (Å²) in [6.07, 6.45) is 2.74. The lowest BCUT2D eigenvalue weighted by molar-refractivity contribution is -0.0273. The Morgan fingerprint density at radius 1 is 1.19 bits per heavy atom. The van der Waals surface area contributed by atoms with Crippen molar-refractivity contribution in [2.75, 3.05) is 11.8 Å². The highest BCUT2D eigenvalue weighted by molar-refractivity contribution is 7.92. The first-order valence-electron chi connectivity index (χ1n) is 10.7. The average Bonchev–Trinajstić information content (AvgIpc) is 3.31. The van der Waals surface area contributed by atoms with Crippen molar-refractivity contribution in [2.24, 2.45) is 16.9 Å². The van der Waals surface area contributed by atoms with Crippen LogP contribution in [0.5, 0.6) is 0 Å². The molecule has 7 nitrogen and oxygen atoms in total. The van der Waals surface area contributed by atoms with Gasteiger partial charge in [0.05, 0.1) is 16.2 Å². The highest BCUT2D eigenvalue weighted by Gasteiger charge is 2.51. The number of aryl methyl sites for hydroxylation is 2. The van der Waals surface area contributed by atoms with Gasteiger partial charge in [-0.25, -0.2) is 13.8 Å². The van der Waals surface area contributed by atoms with Gasteiger partial charge in [-0.15, -0.1) is 0 Å². The number of hydrogen-bond donors (Lipinski definition) is 2. The standard InChI is InChI=1S/C24H29N3O4S/c1-15-8-9-21(16(2)10-15)27-32(29,30)20-7-5-6-17(12-20)23(28)26-25-22-13-19-11-18(22)14-24(19,3)31-4/h5-10,12,18-19,27H,11,13-14H2,1-4H3,(H,26,28)/b25-22+/t18-,19-,24+/m1/s1. The summed E-state index contributed by atoms with van der Waals surface area (Å²) < 4.78 is 34.0. The zero-order valence-electron chi connectivity index (χ0n) is 18.8. The lowest BCUT2D eigenvalue weighted by Crippen LogP contribution is -2.36. The predicted molar refractivity (Wildman–Crippen MR) is 124 cm³/mol. The van der Waals surface area contributed by atoms with Gasteiger partial charge in [-0.05, 0) is 75.8 Å². The fourth-order valence-electron chi connectivity index (χ4n) is 4.81. The number of nitrogens with one attached hydrogen (secondary N) is 2. The number of ether oxygens (including phenoxy) is 1. The summed E-state index contributed by atoms with van der Waals surface area (Å²) in [5.41, 5.74) is 6.11. The largest absolute Gasteiger partial charge is 0.378 e. The minimum atomic E-state index is -3.84. The van der Waals surface area contributed by atoms with Crippen LogP contribution >= 0.6 is 0 Å². The van der Waals surface area contributed by atoms with Crippen molar-refractivity contribution < 1.29 is 17.9 Å². The Balaban J connectivity index is 1.46. The van der Waals surface area contributed by atoms with Crippen LogP contribution in [0, 0.1) is 25.7 Å². The quantitative estimate of drug-likeness (QED) is 0.643. The van der Waals surface area contributed by atoms with E-state index >= 15 is 0 Å². The molecule has 0 heterocycles. The molecule has 2 aromatic carbocycles. The van der Waals surface area contributed by atoms with Gasteiger partial charge >= 0.3 is 0 Å². The van der Waals surface area contributed by atoms with Gasteiger partial charge in [0.1, 0.15) is 0 Å². The molecule has 2 aliphatic carbocycles. The number of hydrogen-bond acceptors (Lipinski definition) is 5. The molecule has 0 unspecified atom stereocenters. The fraction of sp³-hybridized carbons (Fsp3) is 0.417. The molecule has 2 bridgehead atoms. The Kier molecular flexibility index (Phi) is 5.85. The smallest absolute Gasteiger partial charge is 0.271 e. The maximum Gasteiger partial charge on any atom is 0.271 e. The van der Waals surface area contributed by atoms with Gasteiger partial charge < -0.3 is 4.74 Å². The second-order valence-electron chi connectivity index (χ2n) is 9.05. The third-order valence-corrected chi connectivity index (χ3v) is 8.17. The summed E-state index contributed by atoms with van der Waals surface area (Å²) in [7, 11) is -2.09. The number of anilines is 1. The molecule has 8 heteroatoms. The van der Waals surface area contributed by atoms with Gasteiger partial charge in [0.25, 0.3) is 15.9 Å². The Labute approximate surface area is 189 Å². The van der Waals surface area contributed by atoms with Gasteiger partial charge in [0.2, 0.25) is 0 Å². The van der Waals surface area contributed by atoms with Crippen molar-refractivity contribution >= 4 is 27.3 Å². The third-order valence-electron chi connectivity index (χ3n) is 6.81. The zero-order chi connectivity index (χ0) is 23.1. The molecule has 2 aliphatic rings. The van der Waals surface area contributed by atoms with Crippen molar-refractivity contribution in [1.29, 1.82) is 0 Å². The zero-order valence-corrected chi connectivity index (χ0v) is 19.6. The van der Waals surface area contributed by atoms with Crippen molar-refractivity contribution in [1.82, 2.24) is 5.43 Å².